The molecular formula is C16H15N3O4. The Hall–Kier alpha value is -2.83. The van der Waals surface area contributed by atoms with Gasteiger partial charge in [-0.25, -0.2) is 9.48 Å². The van der Waals surface area contributed by atoms with E-state index in [0.29, 0.717) is 37.6 Å². The van der Waals surface area contributed by atoms with E-state index in [1.54, 1.807) is 22.9 Å². The molecule has 7 nitrogen and oxygen atoms in total. The summed E-state index contributed by atoms with van der Waals surface area (Å²) >= 11 is 0. The Morgan fingerprint density at radius 1 is 1.26 bits per heavy atom. The second-order valence-electron chi connectivity index (χ2n) is 5.63. The fourth-order valence-electron chi connectivity index (χ4n) is 3.22. The minimum atomic E-state index is -1.03. The molecule has 118 valence electrons. The van der Waals surface area contributed by atoms with Gasteiger partial charge in [0.15, 0.2) is 11.7 Å². The molecule has 1 aromatic heterocycles. The van der Waals surface area contributed by atoms with Crippen LogP contribution in [0.2, 0.25) is 0 Å². The van der Waals surface area contributed by atoms with E-state index >= 15 is 0 Å². The number of aliphatic carboxylic acids is 1. The Morgan fingerprint density at radius 2 is 2.09 bits per heavy atom. The van der Waals surface area contributed by atoms with Crippen LogP contribution in [0.15, 0.2) is 30.3 Å². The Balaban J connectivity index is 1.70. The van der Waals surface area contributed by atoms with Crippen LogP contribution >= 0.6 is 0 Å². The number of aromatic nitrogens is 2. The van der Waals surface area contributed by atoms with Crippen LogP contribution in [-0.4, -0.2) is 44.8 Å². The van der Waals surface area contributed by atoms with Gasteiger partial charge in [0.25, 0.3) is 5.91 Å². The summed E-state index contributed by atoms with van der Waals surface area (Å²) in [7, 11) is 0. The van der Waals surface area contributed by atoms with E-state index in [2.05, 4.69) is 5.10 Å². The summed E-state index contributed by atoms with van der Waals surface area (Å²) in [4.78, 5) is 25.9. The van der Waals surface area contributed by atoms with Crippen LogP contribution in [0.1, 0.15) is 27.7 Å². The van der Waals surface area contributed by atoms with E-state index in [9.17, 15) is 14.7 Å². The molecule has 0 fully saturated rings. The zero-order valence-corrected chi connectivity index (χ0v) is 12.3. The molecule has 23 heavy (non-hydrogen) atoms. The maximum atomic E-state index is 12.8. The fourth-order valence-corrected chi connectivity index (χ4v) is 3.22. The molecule has 2 aliphatic heterocycles. The summed E-state index contributed by atoms with van der Waals surface area (Å²) < 4.78 is 6.99. The van der Waals surface area contributed by atoms with E-state index in [4.69, 9.17) is 4.74 Å². The summed E-state index contributed by atoms with van der Waals surface area (Å²) in [6, 6.07) is 7.95. The summed E-state index contributed by atoms with van der Waals surface area (Å²) in [5.74, 6) is -0.858. The van der Waals surface area contributed by atoms with Crippen molar-refractivity contribution in [1.82, 2.24) is 14.7 Å². The number of carbonyl (C=O) groups excluding carboxylic acids is 1. The monoisotopic (exact) mass is 313 g/mol. The van der Waals surface area contributed by atoms with Crippen molar-refractivity contribution in [3.8, 4) is 5.88 Å². The van der Waals surface area contributed by atoms with Gasteiger partial charge in [-0.3, -0.25) is 4.79 Å². The standard InChI is InChI=1S/C16H15N3O4/c20-15(12-9-13-19(17-12)7-8-23-13)18-6-5-10-3-1-2-4-11(10)14(18)16(21)22/h1-4,9,14H,5-8H2,(H,21,22). The van der Waals surface area contributed by atoms with E-state index in [0.717, 1.165) is 5.56 Å². The van der Waals surface area contributed by atoms with Crippen molar-refractivity contribution in [2.45, 2.75) is 19.0 Å². The van der Waals surface area contributed by atoms with Crippen LogP contribution < -0.4 is 4.74 Å². The molecule has 0 saturated carbocycles. The number of benzene rings is 1. The van der Waals surface area contributed by atoms with Crippen molar-refractivity contribution in [2.75, 3.05) is 13.2 Å². The molecule has 1 unspecified atom stereocenters. The van der Waals surface area contributed by atoms with Crippen LogP contribution in [0.4, 0.5) is 0 Å². The average Bonchev–Trinajstić information content (AvgIpc) is 3.14. The van der Waals surface area contributed by atoms with E-state index in [-0.39, 0.29) is 11.6 Å². The van der Waals surface area contributed by atoms with Crippen molar-refractivity contribution >= 4 is 11.9 Å². The molecule has 1 aromatic carbocycles. The second kappa shape index (κ2) is 5.12. The van der Waals surface area contributed by atoms with Gasteiger partial charge in [-0.15, -0.1) is 0 Å². The van der Waals surface area contributed by atoms with Crippen molar-refractivity contribution in [1.29, 1.82) is 0 Å². The largest absolute Gasteiger partial charge is 0.479 e. The first kappa shape index (κ1) is 13.8. The molecule has 0 radical (unpaired) electrons. The smallest absolute Gasteiger partial charge is 0.331 e. The van der Waals surface area contributed by atoms with Gasteiger partial charge < -0.3 is 14.7 Å². The van der Waals surface area contributed by atoms with Gasteiger partial charge in [-0.1, -0.05) is 24.3 Å². The first-order valence-corrected chi connectivity index (χ1v) is 7.47. The summed E-state index contributed by atoms with van der Waals surface area (Å²) in [5, 5.41) is 13.8. The third kappa shape index (κ3) is 2.16. The topological polar surface area (TPSA) is 84.7 Å². The first-order valence-electron chi connectivity index (χ1n) is 7.47. The van der Waals surface area contributed by atoms with Crippen LogP contribution in [0, 0.1) is 0 Å². The molecule has 0 spiro atoms. The number of hydrogen-bond acceptors (Lipinski definition) is 4. The second-order valence-corrected chi connectivity index (χ2v) is 5.63. The lowest BCUT2D eigenvalue weighted by Crippen LogP contribution is -2.43. The van der Waals surface area contributed by atoms with Crippen LogP contribution in [-0.2, 0) is 17.8 Å². The average molecular weight is 313 g/mol. The third-order valence-electron chi connectivity index (χ3n) is 4.29. The van der Waals surface area contributed by atoms with Gasteiger partial charge in [0, 0.05) is 12.6 Å². The summed E-state index contributed by atoms with van der Waals surface area (Å²) in [6.45, 7) is 1.51. The molecule has 4 rings (SSSR count). The number of nitrogens with zero attached hydrogens (tertiary/aromatic N) is 3. The lowest BCUT2D eigenvalue weighted by atomic mass is 9.92. The molecule has 1 N–H and O–H groups in total. The number of carboxylic acid groups (broad SMARTS) is 1. The van der Waals surface area contributed by atoms with Crippen molar-refractivity contribution in [2.24, 2.45) is 0 Å². The van der Waals surface area contributed by atoms with Crippen molar-refractivity contribution in [3.05, 3.63) is 47.2 Å². The number of carbonyl (C=O) groups is 2. The molecule has 1 amide bonds. The molecule has 1 atom stereocenters. The van der Waals surface area contributed by atoms with E-state index in [1.165, 1.54) is 4.90 Å². The molecule has 0 bridgehead atoms. The maximum Gasteiger partial charge on any atom is 0.331 e. The highest BCUT2D eigenvalue weighted by Crippen LogP contribution is 2.31. The van der Waals surface area contributed by atoms with Gasteiger partial charge in [-0.05, 0) is 17.5 Å². The number of ether oxygens (including phenoxy) is 1. The number of rotatable bonds is 2. The number of fused-ring (bicyclic) bond motifs is 2. The molecule has 2 aliphatic rings. The predicted molar refractivity (Wildman–Crippen MR) is 79.3 cm³/mol. The molecule has 2 aromatic rings. The third-order valence-corrected chi connectivity index (χ3v) is 4.29. The summed E-state index contributed by atoms with van der Waals surface area (Å²) in [6.07, 6.45) is 0.635. The van der Waals surface area contributed by atoms with Gasteiger partial charge in [0.1, 0.15) is 6.61 Å². The van der Waals surface area contributed by atoms with Crippen LogP contribution in [0.5, 0.6) is 5.88 Å². The predicted octanol–water partition coefficient (Wildman–Crippen LogP) is 1.10. The number of carboxylic acids is 1. The Kier molecular flexibility index (Phi) is 3.07. The van der Waals surface area contributed by atoms with Crippen molar-refractivity contribution in [3.63, 3.8) is 0 Å². The van der Waals surface area contributed by atoms with Gasteiger partial charge in [0.2, 0.25) is 5.88 Å². The minimum Gasteiger partial charge on any atom is -0.479 e. The number of hydrogen-bond donors (Lipinski definition) is 1. The van der Waals surface area contributed by atoms with Crippen LogP contribution in [0.25, 0.3) is 0 Å². The molecular weight excluding hydrogens is 298 g/mol. The summed E-state index contributed by atoms with van der Waals surface area (Å²) in [5.41, 5.74) is 1.87. The van der Waals surface area contributed by atoms with Gasteiger partial charge in [0.05, 0.1) is 6.54 Å². The first-order chi connectivity index (χ1) is 11.1. The molecule has 0 saturated heterocycles. The SMILES string of the molecule is O=C(O)C1c2ccccc2CCN1C(=O)c1cc2n(n1)CCO2. The van der Waals surface area contributed by atoms with Crippen molar-refractivity contribution < 1.29 is 19.4 Å². The molecule has 7 heteroatoms. The molecule has 3 heterocycles. The quantitative estimate of drug-likeness (QED) is 0.897. The highest BCUT2D eigenvalue weighted by atomic mass is 16.5. The zero-order chi connectivity index (χ0) is 16.0. The number of amides is 1. The maximum absolute atomic E-state index is 12.8. The van der Waals surface area contributed by atoms with E-state index in [1.807, 2.05) is 12.1 Å². The van der Waals surface area contributed by atoms with Crippen LogP contribution in [0.3, 0.4) is 0 Å². The highest BCUT2D eigenvalue weighted by molar-refractivity contribution is 5.96. The zero-order valence-electron chi connectivity index (χ0n) is 12.3. The Labute approximate surface area is 132 Å². The fraction of sp³-hybridized carbons (Fsp3) is 0.312. The lowest BCUT2D eigenvalue weighted by Gasteiger charge is -2.34. The van der Waals surface area contributed by atoms with E-state index < -0.39 is 12.0 Å². The normalized spacial score (nSPS) is 19.0. The minimum absolute atomic E-state index is 0.227. The Morgan fingerprint density at radius 3 is 2.87 bits per heavy atom. The van der Waals surface area contributed by atoms with Gasteiger partial charge in [-0.2, -0.15) is 5.10 Å². The highest BCUT2D eigenvalue weighted by Gasteiger charge is 2.37. The van der Waals surface area contributed by atoms with Gasteiger partial charge >= 0.3 is 5.97 Å². The Bertz CT molecular complexity index is 777. The molecule has 0 aliphatic carbocycles. The lowest BCUT2D eigenvalue weighted by molar-refractivity contribution is -0.143.